The summed E-state index contributed by atoms with van der Waals surface area (Å²) in [5.74, 6) is 0.546. The standard InChI is InChI=1S/C15H16N6O4S.ClH/c1-19-7-6-18-15(19)13-10-17-5-8-20(13)26(24,25)14-4-2-3-12(21(22)23)11(14)9-16;/h2-4,6-7,13,17H,5,8,10H2,1H3;1H. The van der Waals surface area contributed by atoms with Crippen molar-refractivity contribution in [2.45, 2.75) is 10.9 Å². The summed E-state index contributed by atoms with van der Waals surface area (Å²) in [4.78, 5) is 14.3. The predicted octanol–water partition coefficient (Wildman–Crippen LogP) is 0.957. The fraction of sp³-hybridized carbons (Fsp3) is 0.333. The van der Waals surface area contributed by atoms with Crippen LogP contribution in [0.2, 0.25) is 0 Å². The molecule has 1 aliphatic heterocycles. The van der Waals surface area contributed by atoms with Gasteiger partial charge in [0.25, 0.3) is 5.69 Å². The second-order valence-corrected chi connectivity index (χ2v) is 7.61. The molecule has 10 nitrogen and oxygen atoms in total. The number of nitro benzene ring substituents is 1. The summed E-state index contributed by atoms with van der Waals surface area (Å²) < 4.78 is 29.5. The fourth-order valence-corrected chi connectivity index (χ4v) is 4.76. The van der Waals surface area contributed by atoms with Crippen LogP contribution in [0.1, 0.15) is 17.4 Å². The van der Waals surface area contributed by atoms with Crippen molar-refractivity contribution in [2.24, 2.45) is 7.05 Å². The third-order valence-corrected chi connectivity index (χ3v) is 6.20. The summed E-state index contributed by atoms with van der Waals surface area (Å²) in [6.45, 7) is 0.936. The van der Waals surface area contributed by atoms with Gasteiger partial charge in [-0.15, -0.1) is 12.4 Å². The zero-order chi connectivity index (χ0) is 18.9. The lowest BCUT2D eigenvalue weighted by atomic mass is 10.2. The van der Waals surface area contributed by atoms with Crippen LogP contribution in [0, 0.1) is 21.4 Å². The van der Waals surface area contributed by atoms with Crippen molar-refractivity contribution in [1.82, 2.24) is 19.2 Å². The SMILES string of the molecule is Cl.Cn1ccnc1C1CNCCN1S(=O)(=O)c1cccc([N+](=O)[O-])c1C#N. The number of halogens is 1. The summed E-state index contributed by atoms with van der Waals surface area (Å²) in [6, 6.07) is 4.69. The van der Waals surface area contributed by atoms with Crippen LogP contribution in [-0.4, -0.2) is 46.8 Å². The molecular weight excluding hydrogens is 396 g/mol. The molecule has 1 N–H and O–H groups in total. The van der Waals surface area contributed by atoms with E-state index in [4.69, 9.17) is 0 Å². The largest absolute Gasteiger partial charge is 0.337 e. The molecule has 1 saturated heterocycles. The average molecular weight is 413 g/mol. The molecule has 0 aliphatic carbocycles. The van der Waals surface area contributed by atoms with Crippen molar-refractivity contribution < 1.29 is 13.3 Å². The van der Waals surface area contributed by atoms with Gasteiger partial charge in [0.1, 0.15) is 22.4 Å². The number of nitro groups is 1. The predicted molar refractivity (Wildman–Crippen MR) is 97.8 cm³/mol. The lowest BCUT2D eigenvalue weighted by molar-refractivity contribution is -0.385. The Hall–Kier alpha value is -2.52. The van der Waals surface area contributed by atoms with E-state index in [9.17, 15) is 23.8 Å². The molecule has 0 radical (unpaired) electrons. The van der Waals surface area contributed by atoms with Gasteiger partial charge in [0.05, 0.1) is 11.0 Å². The number of benzene rings is 1. The molecule has 1 atom stereocenters. The van der Waals surface area contributed by atoms with E-state index in [1.807, 2.05) is 0 Å². The van der Waals surface area contributed by atoms with Crippen molar-refractivity contribution in [3.05, 3.63) is 52.1 Å². The molecule has 0 spiro atoms. The highest BCUT2D eigenvalue weighted by molar-refractivity contribution is 7.89. The number of hydrogen-bond acceptors (Lipinski definition) is 7. The van der Waals surface area contributed by atoms with Crippen LogP contribution in [0.15, 0.2) is 35.5 Å². The first-order valence-electron chi connectivity index (χ1n) is 7.75. The van der Waals surface area contributed by atoms with E-state index in [1.54, 1.807) is 30.1 Å². The monoisotopic (exact) mass is 412 g/mol. The van der Waals surface area contributed by atoms with Gasteiger partial charge in [0.2, 0.25) is 10.0 Å². The van der Waals surface area contributed by atoms with E-state index in [0.717, 1.165) is 6.07 Å². The zero-order valence-corrected chi connectivity index (χ0v) is 15.9. The third kappa shape index (κ3) is 3.65. The second-order valence-electron chi connectivity index (χ2n) is 5.75. The lowest BCUT2D eigenvalue weighted by Crippen LogP contribution is -2.49. The molecule has 0 bridgehead atoms. The highest BCUT2D eigenvalue weighted by Crippen LogP contribution is 2.32. The molecule has 144 valence electrons. The average Bonchev–Trinajstić information content (AvgIpc) is 3.06. The van der Waals surface area contributed by atoms with Gasteiger partial charge in [-0.1, -0.05) is 6.07 Å². The minimum Gasteiger partial charge on any atom is -0.337 e. The van der Waals surface area contributed by atoms with Gasteiger partial charge in [0.15, 0.2) is 0 Å². The van der Waals surface area contributed by atoms with E-state index in [2.05, 4.69) is 10.3 Å². The molecule has 2 aromatic rings. The molecule has 1 fully saturated rings. The van der Waals surface area contributed by atoms with Crippen LogP contribution < -0.4 is 5.32 Å². The maximum Gasteiger partial charge on any atom is 0.288 e. The molecule has 1 aliphatic rings. The highest BCUT2D eigenvalue weighted by Gasteiger charge is 2.38. The summed E-state index contributed by atoms with van der Waals surface area (Å²) in [7, 11) is -2.38. The number of hydrogen-bond donors (Lipinski definition) is 1. The number of sulfonamides is 1. The van der Waals surface area contributed by atoms with Gasteiger partial charge in [-0.3, -0.25) is 10.1 Å². The summed E-state index contributed by atoms with van der Waals surface area (Å²) in [6.07, 6.45) is 3.28. The number of rotatable bonds is 4. The number of nitrogens with zero attached hydrogens (tertiary/aromatic N) is 5. The number of aromatic nitrogens is 2. The third-order valence-electron chi connectivity index (χ3n) is 4.25. The maximum atomic E-state index is 13.2. The summed E-state index contributed by atoms with van der Waals surface area (Å²) >= 11 is 0. The molecule has 1 aromatic carbocycles. The number of nitriles is 1. The van der Waals surface area contributed by atoms with E-state index < -0.39 is 32.2 Å². The van der Waals surface area contributed by atoms with Crippen molar-refractivity contribution in [3.8, 4) is 6.07 Å². The first-order chi connectivity index (χ1) is 12.4. The first kappa shape index (κ1) is 20.8. The smallest absolute Gasteiger partial charge is 0.288 e. The number of aryl methyl sites for hydroxylation is 1. The van der Waals surface area contributed by atoms with Crippen LogP contribution in [0.5, 0.6) is 0 Å². The molecule has 1 unspecified atom stereocenters. The summed E-state index contributed by atoms with van der Waals surface area (Å²) in [5.41, 5.74) is -0.994. The number of nitrogens with one attached hydrogen (secondary N) is 1. The van der Waals surface area contributed by atoms with Crippen molar-refractivity contribution in [3.63, 3.8) is 0 Å². The van der Waals surface area contributed by atoms with Crippen molar-refractivity contribution in [2.75, 3.05) is 19.6 Å². The Morgan fingerprint density at radius 1 is 1.44 bits per heavy atom. The number of piperazine rings is 1. The Kier molecular flexibility index (Phi) is 6.17. The molecule has 3 rings (SSSR count). The van der Waals surface area contributed by atoms with Crippen LogP contribution >= 0.6 is 12.4 Å². The van der Waals surface area contributed by atoms with Gasteiger partial charge in [-0.2, -0.15) is 9.57 Å². The van der Waals surface area contributed by atoms with E-state index in [-0.39, 0.29) is 23.8 Å². The van der Waals surface area contributed by atoms with Gasteiger partial charge < -0.3 is 9.88 Å². The molecule has 1 aromatic heterocycles. The van der Waals surface area contributed by atoms with Crippen LogP contribution in [-0.2, 0) is 17.1 Å². The Bertz CT molecular complexity index is 1000. The van der Waals surface area contributed by atoms with E-state index >= 15 is 0 Å². The van der Waals surface area contributed by atoms with Gasteiger partial charge >= 0.3 is 0 Å². The van der Waals surface area contributed by atoms with E-state index in [1.165, 1.54) is 16.4 Å². The summed E-state index contributed by atoms with van der Waals surface area (Å²) in [5, 5.41) is 23.6. The Morgan fingerprint density at radius 2 is 2.19 bits per heavy atom. The Morgan fingerprint density at radius 3 is 2.78 bits per heavy atom. The van der Waals surface area contributed by atoms with Crippen molar-refractivity contribution >= 4 is 28.1 Å². The van der Waals surface area contributed by atoms with Gasteiger partial charge in [-0.05, 0) is 6.07 Å². The molecular formula is C15H17ClN6O4S. The van der Waals surface area contributed by atoms with E-state index in [0.29, 0.717) is 18.9 Å². The zero-order valence-electron chi connectivity index (χ0n) is 14.3. The quantitative estimate of drug-likeness (QED) is 0.583. The van der Waals surface area contributed by atoms with Gasteiger partial charge in [0, 0.05) is 45.1 Å². The first-order valence-corrected chi connectivity index (χ1v) is 9.19. The molecule has 27 heavy (non-hydrogen) atoms. The van der Waals surface area contributed by atoms with Gasteiger partial charge in [-0.25, -0.2) is 13.4 Å². The molecule has 0 saturated carbocycles. The van der Waals surface area contributed by atoms with Crippen LogP contribution in [0.4, 0.5) is 5.69 Å². The maximum absolute atomic E-state index is 13.2. The highest BCUT2D eigenvalue weighted by atomic mass is 35.5. The number of imidazole rings is 1. The Balaban J connectivity index is 0.00000261. The molecule has 2 heterocycles. The minimum atomic E-state index is -4.14. The normalized spacial score (nSPS) is 17.7. The second kappa shape index (κ2) is 8.01. The van der Waals surface area contributed by atoms with Crippen LogP contribution in [0.3, 0.4) is 0 Å². The fourth-order valence-electron chi connectivity index (χ4n) is 3.02. The lowest BCUT2D eigenvalue weighted by Gasteiger charge is -2.34. The Labute approximate surface area is 162 Å². The topological polar surface area (TPSA) is 134 Å². The van der Waals surface area contributed by atoms with Crippen LogP contribution in [0.25, 0.3) is 0 Å². The molecule has 0 amide bonds. The van der Waals surface area contributed by atoms with Crippen molar-refractivity contribution in [1.29, 1.82) is 5.26 Å². The minimum absolute atomic E-state index is 0. The molecule has 12 heteroatoms.